The van der Waals surface area contributed by atoms with Crippen molar-refractivity contribution in [3.63, 3.8) is 0 Å². The van der Waals surface area contributed by atoms with Crippen molar-refractivity contribution in [3.05, 3.63) is 54.6 Å². The van der Waals surface area contributed by atoms with Gasteiger partial charge in [0.1, 0.15) is 17.2 Å². The molecule has 2 heterocycles. The van der Waals surface area contributed by atoms with Crippen LogP contribution in [0.2, 0.25) is 0 Å². The summed E-state index contributed by atoms with van der Waals surface area (Å²) in [6.07, 6.45) is 0. The lowest BCUT2D eigenvalue weighted by Crippen LogP contribution is -2.50. The number of hydrogen-bond acceptors (Lipinski definition) is 7. The first-order chi connectivity index (χ1) is 16.6. The van der Waals surface area contributed by atoms with Gasteiger partial charge in [-0.3, -0.25) is 0 Å². The third kappa shape index (κ3) is 5.31. The molecule has 0 atom stereocenters. The van der Waals surface area contributed by atoms with Gasteiger partial charge in [-0.05, 0) is 61.5 Å². The lowest BCUT2D eigenvalue weighted by molar-refractivity contribution is 0.208. The van der Waals surface area contributed by atoms with E-state index in [1.54, 1.807) is 19.1 Å². The van der Waals surface area contributed by atoms with E-state index in [2.05, 4.69) is 20.4 Å². The molecule has 1 saturated heterocycles. The maximum atomic E-state index is 12.7. The average molecular weight is 464 g/mol. The predicted molar refractivity (Wildman–Crippen MR) is 131 cm³/mol. The summed E-state index contributed by atoms with van der Waals surface area (Å²) in [4.78, 5) is 16.6. The number of urea groups is 1. The fourth-order valence-corrected chi connectivity index (χ4v) is 3.79. The Labute approximate surface area is 199 Å². The molecule has 0 unspecified atom stereocenters. The van der Waals surface area contributed by atoms with Crippen LogP contribution in [0.3, 0.4) is 0 Å². The van der Waals surface area contributed by atoms with Gasteiger partial charge in [-0.25, -0.2) is 4.79 Å². The number of hydrogen-bond donors (Lipinski definition) is 1. The summed E-state index contributed by atoms with van der Waals surface area (Å²) in [5.41, 5.74) is 2.26. The number of benzene rings is 2. The van der Waals surface area contributed by atoms with Gasteiger partial charge in [0.15, 0.2) is 5.82 Å². The minimum atomic E-state index is -0.115. The van der Waals surface area contributed by atoms with Crippen LogP contribution >= 0.6 is 0 Å². The summed E-state index contributed by atoms with van der Waals surface area (Å²) in [6, 6.07) is 16.7. The summed E-state index contributed by atoms with van der Waals surface area (Å²) in [5, 5.41) is 11.8. The molecule has 1 aliphatic rings. The molecule has 2 amide bonds. The van der Waals surface area contributed by atoms with E-state index in [9.17, 15) is 4.79 Å². The molecule has 1 fully saturated rings. The van der Waals surface area contributed by atoms with E-state index >= 15 is 0 Å². The Morgan fingerprint density at radius 3 is 2.26 bits per heavy atom. The van der Waals surface area contributed by atoms with Crippen LogP contribution in [0.25, 0.3) is 11.3 Å². The largest absolute Gasteiger partial charge is 0.497 e. The minimum absolute atomic E-state index is 0.115. The van der Waals surface area contributed by atoms with Crippen LogP contribution in [0.5, 0.6) is 17.2 Å². The number of rotatable bonds is 7. The number of carbonyl (C=O) groups excluding carboxylic acids is 1. The molecule has 0 radical (unpaired) electrons. The summed E-state index contributed by atoms with van der Waals surface area (Å²) in [6.45, 7) is 5.08. The van der Waals surface area contributed by atoms with Crippen molar-refractivity contribution in [1.82, 2.24) is 15.1 Å². The lowest BCUT2D eigenvalue weighted by Gasteiger charge is -2.35. The molecule has 4 rings (SSSR count). The summed E-state index contributed by atoms with van der Waals surface area (Å²) >= 11 is 0. The highest BCUT2D eigenvalue weighted by molar-refractivity contribution is 5.89. The Balaban J connectivity index is 1.35. The van der Waals surface area contributed by atoms with Gasteiger partial charge in [0.05, 0.1) is 26.5 Å². The first-order valence-electron chi connectivity index (χ1n) is 11.2. The minimum Gasteiger partial charge on any atom is -0.497 e. The SMILES string of the molecule is CCOc1ccc(NC(=O)N2CCN(c3ccc(-c4cc(OC)ccc4OC)nn3)CC2)cc1. The van der Waals surface area contributed by atoms with Crippen LogP contribution in [-0.4, -0.2) is 68.1 Å². The third-order valence-electron chi connectivity index (χ3n) is 5.64. The molecule has 0 spiro atoms. The zero-order chi connectivity index (χ0) is 23.9. The molecule has 0 bridgehead atoms. The zero-order valence-electron chi connectivity index (χ0n) is 19.7. The van der Waals surface area contributed by atoms with Crippen molar-refractivity contribution in [3.8, 4) is 28.5 Å². The van der Waals surface area contributed by atoms with Crippen molar-refractivity contribution in [2.75, 3.05) is 57.2 Å². The Morgan fingerprint density at radius 2 is 1.65 bits per heavy atom. The second kappa shape index (κ2) is 10.7. The Hall–Kier alpha value is -4.01. The number of ether oxygens (including phenoxy) is 3. The van der Waals surface area contributed by atoms with E-state index in [1.807, 2.05) is 61.5 Å². The van der Waals surface area contributed by atoms with Gasteiger partial charge >= 0.3 is 6.03 Å². The number of amides is 2. The van der Waals surface area contributed by atoms with Gasteiger partial charge in [0.25, 0.3) is 0 Å². The Morgan fingerprint density at radius 1 is 0.912 bits per heavy atom. The van der Waals surface area contributed by atoms with Gasteiger partial charge in [-0.15, -0.1) is 10.2 Å². The molecular weight excluding hydrogens is 434 g/mol. The van der Waals surface area contributed by atoms with E-state index in [-0.39, 0.29) is 6.03 Å². The molecule has 0 aliphatic carbocycles. The molecule has 34 heavy (non-hydrogen) atoms. The Bertz CT molecular complexity index is 1100. The monoisotopic (exact) mass is 463 g/mol. The molecule has 1 N–H and O–H groups in total. The topological polar surface area (TPSA) is 89.1 Å². The van der Waals surface area contributed by atoms with E-state index in [0.29, 0.717) is 44.2 Å². The number of nitrogens with one attached hydrogen (secondary N) is 1. The van der Waals surface area contributed by atoms with Crippen LogP contribution in [0, 0.1) is 0 Å². The molecule has 178 valence electrons. The highest BCUT2D eigenvalue weighted by Crippen LogP contribution is 2.32. The van der Waals surface area contributed by atoms with E-state index in [0.717, 1.165) is 28.6 Å². The standard InChI is InChI=1S/C25H29N5O4/c1-4-34-19-7-5-18(6-8-19)26-25(31)30-15-13-29(14-16-30)24-12-10-22(27-28-24)21-17-20(32-2)9-11-23(21)33-3/h5-12,17H,4,13-16H2,1-3H3,(H,26,31). The maximum Gasteiger partial charge on any atom is 0.321 e. The lowest BCUT2D eigenvalue weighted by atomic mass is 10.1. The normalized spacial score (nSPS) is 13.4. The molecule has 9 heteroatoms. The number of anilines is 2. The first kappa shape index (κ1) is 23.2. The molecule has 2 aromatic carbocycles. The quantitative estimate of drug-likeness (QED) is 0.568. The van der Waals surface area contributed by atoms with Crippen LogP contribution in [-0.2, 0) is 0 Å². The summed E-state index contributed by atoms with van der Waals surface area (Å²) < 4.78 is 16.2. The highest BCUT2D eigenvalue weighted by Gasteiger charge is 2.22. The third-order valence-corrected chi connectivity index (χ3v) is 5.64. The number of nitrogens with zero attached hydrogens (tertiary/aromatic N) is 4. The van der Waals surface area contributed by atoms with Gasteiger partial charge in [-0.1, -0.05) is 0 Å². The molecular formula is C25H29N5O4. The fraction of sp³-hybridized carbons (Fsp3) is 0.320. The van der Waals surface area contributed by atoms with Crippen molar-refractivity contribution in [2.24, 2.45) is 0 Å². The number of piperazine rings is 1. The number of carbonyl (C=O) groups is 1. The van der Waals surface area contributed by atoms with E-state index in [1.165, 1.54) is 0 Å². The Kier molecular flexibility index (Phi) is 7.31. The first-order valence-corrected chi connectivity index (χ1v) is 11.2. The number of aromatic nitrogens is 2. The molecule has 9 nitrogen and oxygen atoms in total. The predicted octanol–water partition coefficient (Wildman–Crippen LogP) is 3.91. The van der Waals surface area contributed by atoms with Crippen molar-refractivity contribution in [1.29, 1.82) is 0 Å². The van der Waals surface area contributed by atoms with Crippen molar-refractivity contribution < 1.29 is 19.0 Å². The molecule has 1 aromatic heterocycles. The van der Waals surface area contributed by atoms with Gasteiger partial charge in [0.2, 0.25) is 0 Å². The summed E-state index contributed by atoms with van der Waals surface area (Å²) in [7, 11) is 3.25. The average Bonchev–Trinajstić information content (AvgIpc) is 2.89. The molecule has 0 saturated carbocycles. The molecule has 3 aromatic rings. The summed E-state index contributed by atoms with van der Waals surface area (Å²) in [5.74, 6) is 2.99. The van der Waals surface area contributed by atoms with Crippen molar-refractivity contribution >= 4 is 17.5 Å². The molecule has 1 aliphatic heterocycles. The van der Waals surface area contributed by atoms with Gasteiger partial charge in [-0.2, -0.15) is 0 Å². The smallest absolute Gasteiger partial charge is 0.321 e. The second-order valence-corrected chi connectivity index (χ2v) is 7.70. The van der Waals surface area contributed by atoms with Crippen LogP contribution in [0.15, 0.2) is 54.6 Å². The fourth-order valence-electron chi connectivity index (χ4n) is 3.79. The van der Waals surface area contributed by atoms with Gasteiger partial charge < -0.3 is 29.3 Å². The maximum absolute atomic E-state index is 12.7. The van der Waals surface area contributed by atoms with Crippen LogP contribution in [0.1, 0.15) is 6.92 Å². The van der Waals surface area contributed by atoms with E-state index in [4.69, 9.17) is 14.2 Å². The van der Waals surface area contributed by atoms with E-state index < -0.39 is 0 Å². The number of methoxy groups -OCH3 is 2. The van der Waals surface area contributed by atoms with Crippen LogP contribution < -0.4 is 24.4 Å². The zero-order valence-corrected chi connectivity index (χ0v) is 19.7. The van der Waals surface area contributed by atoms with Crippen LogP contribution in [0.4, 0.5) is 16.3 Å². The van der Waals surface area contributed by atoms with Crippen molar-refractivity contribution in [2.45, 2.75) is 6.92 Å². The van der Waals surface area contributed by atoms with Gasteiger partial charge in [0, 0.05) is 37.4 Å². The highest BCUT2D eigenvalue weighted by atomic mass is 16.5. The second-order valence-electron chi connectivity index (χ2n) is 7.70.